The van der Waals surface area contributed by atoms with Gasteiger partial charge < -0.3 is 0 Å². The van der Waals surface area contributed by atoms with Crippen molar-refractivity contribution in [3.8, 4) is 6.07 Å². The van der Waals surface area contributed by atoms with Crippen LogP contribution in [0.3, 0.4) is 0 Å². The third-order valence-electron chi connectivity index (χ3n) is 3.95. The number of nitrogens with one attached hydrogen (secondary N) is 1. The summed E-state index contributed by atoms with van der Waals surface area (Å²) in [5, 5.41) is 12.3. The van der Waals surface area contributed by atoms with Crippen LogP contribution in [0.4, 0.5) is 0 Å². The molecule has 0 aliphatic carbocycles. The van der Waals surface area contributed by atoms with Crippen LogP contribution in [0.5, 0.6) is 0 Å². The van der Waals surface area contributed by atoms with Crippen molar-refractivity contribution in [2.24, 2.45) is 5.92 Å². The lowest BCUT2D eigenvalue weighted by Crippen LogP contribution is -2.59. The second kappa shape index (κ2) is 6.19. The van der Waals surface area contributed by atoms with Gasteiger partial charge in [-0.3, -0.25) is 14.9 Å². The predicted octanol–water partition coefficient (Wildman–Crippen LogP) is 1.75. The van der Waals surface area contributed by atoms with Crippen LogP contribution in [0.2, 0.25) is 5.02 Å². The molecule has 0 radical (unpaired) electrons. The van der Waals surface area contributed by atoms with Crippen molar-refractivity contribution < 1.29 is 14.2 Å². The number of aromatic nitrogens is 1. The molecule has 1 fully saturated rings. The highest BCUT2D eigenvalue weighted by molar-refractivity contribution is 6.30. The fourth-order valence-electron chi connectivity index (χ4n) is 2.90. The van der Waals surface area contributed by atoms with Crippen LogP contribution in [0.15, 0.2) is 54.9 Å². The third-order valence-corrected chi connectivity index (χ3v) is 4.20. The van der Waals surface area contributed by atoms with Crippen molar-refractivity contribution in [2.45, 2.75) is 12.0 Å². The monoisotopic (exact) mass is 326 g/mol. The summed E-state index contributed by atoms with van der Waals surface area (Å²) in [7, 11) is 0. The Bertz CT molecular complexity index is 784. The lowest BCUT2D eigenvalue weighted by molar-refractivity contribution is -0.713. The number of amides is 2. The fraction of sp³-hybridized carbons (Fsp3) is 0.176. The second-order valence-corrected chi connectivity index (χ2v) is 5.74. The van der Waals surface area contributed by atoms with Gasteiger partial charge >= 0.3 is 0 Å². The third kappa shape index (κ3) is 2.81. The van der Waals surface area contributed by atoms with E-state index in [-0.39, 0.29) is 0 Å². The first-order valence-electron chi connectivity index (χ1n) is 7.07. The number of nitrogens with zero attached hydrogens (tertiary/aromatic N) is 2. The molecule has 1 saturated heterocycles. The van der Waals surface area contributed by atoms with Gasteiger partial charge in [-0.05, 0) is 17.7 Å². The van der Waals surface area contributed by atoms with Crippen LogP contribution in [-0.4, -0.2) is 11.8 Å². The number of carbonyl (C=O) groups excluding carboxylic acids is 2. The molecule has 0 unspecified atom stereocenters. The van der Waals surface area contributed by atoms with Crippen LogP contribution in [0.25, 0.3) is 0 Å². The molecule has 1 aromatic heterocycles. The zero-order valence-corrected chi connectivity index (χ0v) is 12.8. The summed E-state index contributed by atoms with van der Waals surface area (Å²) in [6, 6.07) is 13.7. The van der Waals surface area contributed by atoms with Crippen molar-refractivity contribution in [1.29, 1.82) is 5.26 Å². The van der Waals surface area contributed by atoms with E-state index >= 15 is 0 Å². The summed E-state index contributed by atoms with van der Waals surface area (Å²) < 4.78 is 1.71. The zero-order chi connectivity index (χ0) is 16.4. The Labute approximate surface area is 138 Å². The lowest BCUT2D eigenvalue weighted by atomic mass is 9.77. The predicted molar refractivity (Wildman–Crippen MR) is 82.1 cm³/mol. The van der Waals surface area contributed by atoms with Gasteiger partial charge in [0.25, 0.3) is 5.91 Å². The SMILES string of the molecule is N#C[C@@H]1C(=O)NC(=O)[C@H]([n+]2ccccc2)[C@@H]1c1ccc(Cl)cc1. The van der Waals surface area contributed by atoms with Crippen LogP contribution in [0, 0.1) is 17.2 Å². The van der Waals surface area contributed by atoms with E-state index in [4.69, 9.17) is 11.6 Å². The Morgan fingerprint density at radius 3 is 2.30 bits per heavy atom. The summed E-state index contributed by atoms with van der Waals surface area (Å²) in [5.74, 6) is -2.51. The number of hydrogen-bond acceptors (Lipinski definition) is 3. The van der Waals surface area contributed by atoms with Gasteiger partial charge in [-0.1, -0.05) is 29.8 Å². The van der Waals surface area contributed by atoms with E-state index in [1.807, 2.05) is 12.1 Å². The molecule has 0 spiro atoms. The van der Waals surface area contributed by atoms with Crippen molar-refractivity contribution in [3.05, 3.63) is 65.4 Å². The van der Waals surface area contributed by atoms with Crippen molar-refractivity contribution in [3.63, 3.8) is 0 Å². The van der Waals surface area contributed by atoms with Gasteiger partial charge in [0.1, 0.15) is 5.92 Å². The fourth-order valence-corrected chi connectivity index (χ4v) is 3.02. The molecule has 114 valence electrons. The number of rotatable bonds is 2. The molecule has 0 saturated carbocycles. The van der Waals surface area contributed by atoms with Crippen LogP contribution < -0.4 is 9.88 Å². The molecule has 2 heterocycles. The summed E-state index contributed by atoms with van der Waals surface area (Å²) >= 11 is 5.92. The largest absolute Gasteiger partial charge is 0.296 e. The van der Waals surface area contributed by atoms with E-state index in [0.717, 1.165) is 5.56 Å². The van der Waals surface area contributed by atoms with Crippen LogP contribution >= 0.6 is 11.6 Å². The molecule has 5 nitrogen and oxygen atoms in total. The number of benzene rings is 1. The topological polar surface area (TPSA) is 73.8 Å². The molecular weight excluding hydrogens is 314 g/mol. The summed E-state index contributed by atoms with van der Waals surface area (Å²) in [5.41, 5.74) is 0.727. The molecule has 1 aliphatic rings. The Kier molecular flexibility index (Phi) is 4.09. The van der Waals surface area contributed by atoms with E-state index in [9.17, 15) is 14.9 Å². The number of piperidine rings is 1. The maximum Gasteiger partial charge on any atom is 0.296 e. The molecule has 3 atom stereocenters. The maximum absolute atomic E-state index is 12.4. The van der Waals surface area contributed by atoms with E-state index < -0.39 is 29.7 Å². The first kappa shape index (κ1) is 15.2. The minimum atomic E-state index is -0.952. The molecule has 1 aliphatic heterocycles. The highest BCUT2D eigenvalue weighted by Crippen LogP contribution is 2.36. The van der Waals surface area contributed by atoms with E-state index in [1.54, 1.807) is 53.4 Å². The smallest absolute Gasteiger partial charge is 0.289 e. The van der Waals surface area contributed by atoms with Gasteiger partial charge in [-0.2, -0.15) is 9.83 Å². The molecule has 2 amide bonds. The highest BCUT2D eigenvalue weighted by Gasteiger charge is 2.50. The minimum absolute atomic E-state index is 0.419. The van der Waals surface area contributed by atoms with E-state index in [2.05, 4.69) is 5.32 Å². The molecule has 3 rings (SSSR count). The van der Waals surface area contributed by atoms with Crippen molar-refractivity contribution >= 4 is 23.4 Å². The summed E-state index contributed by atoms with van der Waals surface area (Å²) in [6.07, 6.45) is 3.49. The van der Waals surface area contributed by atoms with Gasteiger partial charge in [-0.15, -0.1) is 0 Å². The van der Waals surface area contributed by atoms with Crippen LogP contribution in [0.1, 0.15) is 17.5 Å². The molecule has 2 aromatic rings. The van der Waals surface area contributed by atoms with E-state index in [0.29, 0.717) is 5.02 Å². The average Bonchev–Trinajstić information content (AvgIpc) is 2.56. The molecule has 0 bridgehead atoms. The zero-order valence-electron chi connectivity index (χ0n) is 12.0. The molecule has 1 aromatic carbocycles. The summed E-state index contributed by atoms with van der Waals surface area (Å²) in [6.45, 7) is 0. The standard InChI is InChI=1S/C17H12ClN3O2/c18-12-6-4-11(5-7-12)14-13(10-19)16(22)20-17(23)15(14)21-8-2-1-3-9-21/h1-9,13-15H/p+1/t13-,14+,15+/m0/s1. The van der Waals surface area contributed by atoms with Crippen molar-refractivity contribution in [1.82, 2.24) is 5.32 Å². The maximum atomic E-state index is 12.4. The van der Waals surface area contributed by atoms with Crippen molar-refractivity contribution in [2.75, 3.05) is 0 Å². The number of halogens is 1. The number of nitriles is 1. The van der Waals surface area contributed by atoms with Crippen LogP contribution in [-0.2, 0) is 9.59 Å². The number of hydrogen-bond donors (Lipinski definition) is 1. The Morgan fingerprint density at radius 2 is 1.70 bits per heavy atom. The molecule has 23 heavy (non-hydrogen) atoms. The Balaban J connectivity index is 2.13. The first-order chi connectivity index (χ1) is 11.1. The molecular formula is C17H13ClN3O2+. The molecule has 1 N–H and O–H groups in total. The molecule has 6 heteroatoms. The lowest BCUT2D eigenvalue weighted by Gasteiger charge is -2.30. The first-order valence-corrected chi connectivity index (χ1v) is 7.45. The quantitative estimate of drug-likeness (QED) is 0.675. The normalized spacial score (nSPS) is 23.9. The van der Waals surface area contributed by atoms with Gasteiger partial charge in [-0.25, -0.2) is 0 Å². The number of pyridine rings is 1. The number of carbonyl (C=O) groups is 2. The minimum Gasteiger partial charge on any atom is -0.289 e. The van der Waals surface area contributed by atoms with E-state index in [1.165, 1.54) is 0 Å². The highest BCUT2D eigenvalue weighted by atomic mass is 35.5. The average molecular weight is 327 g/mol. The second-order valence-electron chi connectivity index (χ2n) is 5.31. The van der Waals surface area contributed by atoms with Gasteiger partial charge in [0.15, 0.2) is 12.4 Å². The van der Waals surface area contributed by atoms with Gasteiger partial charge in [0.05, 0.1) is 12.0 Å². The number of imide groups is 1. The Hall–Kier alpha value is -2.71. The van der Waals surface area contributed by atoms with Gasteiger partial charge in [0.2, 0.25) is 11.9 Å². The van der Waals surface area contributed by atoms with Gasteiger partial charge in [0, 0.05) is 17.2 Å². The Morgan fingerprint density at radius 1 is 1.04 bits per heavy atom. The summed E-state index contributed by atoms with van der Waals surface area (Å²) in [4.78, 5) is 24.5.